The van der Waals surface area contributed by atoms with Crippen LogP contribution >= 0.6 is 0 Å². The van der Waals surface area contributed by atoms with Crippen LogP contribution in [0.1, 0.15) is 41.7 Å². The van der Waals surface area contributed by atoms with Gasteiger partial charge in [0.25, 0.3) is 0 Å². The topological polar surface area (TPSA) is 98.8 Å². The summed E-state index contributed by atoms with van der Waals surface area (Å²) < 4.78 is 5.98. The van der Waals surface area contributed by atoms with Crippen LogP contribution in [-0.4, -0.2) is 27.0 Å². The third kappa shape index (κ3) is 3.58. The van der Waals surface area contributed by atoms with E-state index in [1.807, 2.05) is 48.7 Å². The summed E-state index contributed by atoms with van der Waals surface area (Å²) in [7, 11) is 0. The molecule has 0 bridgehead atoms. The van der Waals surface area contributed by atoms with Crippen molar-refractivity contribution < 1.29 is 19.5 Å². The number of fused-ring (bicyclic) bond motifs is 4. The normalized spacial score (nSPS) is 14.9. The van der Waals surface area contributed by atoms with Crippen LogP contribution in [-0.2, 0) is 24.1 Å². The number of nitrogens with zero attached hydrogens (tertiary/aromatic N) is 1. The molecule has 0 spiro atoms. The van der Waals surface area contributed by atoms with Crippen molar-refractivity contribution in [1.82, 2.24) is 4.98 Å². The predicted octanol–water partition coefficient (Wildman–Crippen LogP) is 5.30. The molecule has 1 aliphatic rings. The molecule has 0 fully saturated rings. The summed E-state index contributed by atoms with van der Waals surface area (Å²) in [5.74, 6) is -0.507. The number of aliphatic carboxylic acids is 1. The Kier molecular flexibility index (Phi) is 4.98. The largest absolute Gasteiger partial charge is 0.481 e. The van der Waals surface area contributed by atoms with E-state index in [2.05, 4.69) is 10.1 Å². The molecule has 0 unspecified atom stereocenters. The summed E-state index contributed by atoms with van der Waals surface area (Å²) in [4.78, 5) is 15.2. The first kappa shape index (κ1) is 19.4. The summed E-state index contributed by atoms with van der Waals surface area (Å²) in [6, 6.07) is 13.7. The summed E-state index contributed by atoms with van der Waals surface area (Å²) in [6.07, 6.45) is 6.27. The first-order valence-corrected chi connectivity index (χ1v) is 10.7. The molecule has 31 heavy (non-hydrogen) atoms. The zero-order valence-corrected chi connectivity index (χ0v) is 17.1. The van der Waals surface area contributed by atoms with E-state index < -0.39 is 11.9 Å². The van der Waals surface area contributed by atoms with Gasteiger partial charge in [0.05, 0.1) is 11.6 Å². The molecular formula is C25H24N2O4. The Morgan fingerprint density at radius 2 is 2.03 bits per heavy atom. The highest BCUT2D eigenvalue weighted by Crippen LogP contribution is 2.33. The van der Waals surface area contributed by atoms with Gasteiger partial charge in [-0.3, -0.25) is 4.79 Å². The zero-order valence-electron chi connectivity index (χ0n) is 17.1. The number of benzene rings is 2. The summed E-state index contributed by atoms with van der Waals surface area (Å²) in [5, 5.41) is 25.1. The number of para-hydroxylation sites is 1. The molecule has 2 aromatic carbocycles. The maximum Gasteiger partial charge on any atom is 0.306 e. The summed E-state index contributed by atoms with van der Waals surface area (Å²) >= 11 is 0. The van der Waals surface area contributed by atoms with Gasteiger partial charge in [-0.25, -0.2) is 0 Å². The van der Waals surface area contributed by atoms with E-state index in [-0.39, 0.29) is 6.42 Å². The molecule has 0 amide bonds. The van der Waals surface area contributed by atoms with Crippen LogP contribution in [0.15, 0.2) is 58.2 Å². The minimum atomic E-state index is -0.890. The number of aryl methyl sites for hydroxylation is 3. The molecule has 1 aliphatic carbocycles. The van der Waals surface area contributed by atoms with Gasteiger partial charge >= 0.3 is 5.97 Å². The van der Waals surface area contributed by atoms with Crippen LogP contribution in [0.2, 0.25) is 0 Å². The summed E-state index contributed by atoms with van der Waals surface area (Å²) in [5.41, 5.74) is 5.24. The second-order valence-electron chi connectivity index (χ2n) is 8.25. The van der Waals surface area contributed by atoms with Crippen molar-refractivity contribution in [3.05, 3.63) is 71.1 Å². The molecule has 6 nitrogen and oxygen atoms in total. The van der Waals surface area contributed by atoms with Crippen LogP contribution in [0.4, 0.5) is 0 Å². The average Bonchev–Trinajstić information content (AvgIpc) is 3.48. The van der Waals surface area contributed by atoms with Crippen molar-refractivity contribution in [2.45, 2.75) is 38.5 Å². The highest BCUT2D eigenvalue weighted by Gasteiger charge is 2.24. The van der Waals surface area contributed by atoms with E-state index in [0.29, 0.717) is 24.1 Å². The number of carboxylic acids is 1. The molecule has 2 aromatic heterocycles. The van der Waals surface area contributed by atoms with Crippen molar-refractivity contribution in [3.8, 4) is 0 Å². The molecule has 158 valence electrons. The van der Waals surface area contributed by atoms with Crippen LogP contribution in [0.3, 0.4) is 0 Å². The summed E-state index contributed by atoms with van der Waals surface area (Å²) in [6.45, 7) is 0. The minimum absolute atomic E-state index is 0.153. The number of hydrogen-bond donors (Lipinski definition) is 3. The standard InChI is InChI=1S/C25H24N2O4/c28-25(29)16(8-9-17-14-26-21-6-2-1-4-18(17)21)12-22(27-30)15-10-11-20-19-5-3-7-23(19)31-24(20)13-15/h1-2,4,6,10-11,13-14,16,26,30H,3,5,7-9,12H2,(H,28,29)/t16-/m0/s1. The molecule has 0 saturated heterocycles. The molecule has 3 N–H and O–H groups in total. The van der Waals surface area contributed by atoms with Crippen molar-refractivity contribution in [1.29, 1.82) is 0 Å². The number of oxime groups is 1. The van der Waals surface area contributed by atoms with Gasteiger partial charge in [0.1, 0.15) is 11.3 Å². The highest BCUT2D eigenvalue weighted by molar-refractivity contribution is 6.04. The number of H-pyrrole nitrogens is 1. The lowest BCUT2D eigenvalue weighted by atomic mass is 9.91. The molecule has 5 rings (SSSR count). The smallest absolute Gasteiger partial charge is 0.306 e. The maximum absolute atomic E-state index is 11.9. The first-order chi connectivity index (χ1) is 15.1. The molecule has 4 aromatic rings. The SMILES string of the molecule is O=C(O)[C@@H](CCc1c[nH]c2ccccc12)CC(=NO)c1ccc2c3c(oc2c1)CCC3. The fraction of sp³-hybridized carbons (Fsp3) is 0.280. The van der Waals surface area contributed by atoms with Crippen molar-refractivity contribution >= 4 is 33.6 Å². The molecule has 0 aliphatic heterocycles. The van der Waals surface area contributed by atoms with E-state index >= 15 is 0 Å². The van der Waals surface area contributed by atoms with Gasteiger partial charge in [0.2, 0.25) is 0 Å². The Morgan fingerprint density at radius 3 is 2.87 bits per heavy atom. The Balaban J connectivity index is 1.35. The van der Waals surface area contributed by atoms with E-state index in [1.54, 1.807) is 0 Å². The second-order valence-corrected chi connectivity index (χ2v) is 8.25. The van der Waals surface area contributed by atoms with Crippen LogP contribution in [0, 0.1) is 5.92 Å². The highest BCUT2D eigenvalue weighted by atomic mass is 16.4. The van der Waals surface area contributed by atoms with Crippen LogP contribution < -0.4 is 0 Å². The monoisotopic (exact) mass is 416 g/mol. The second kappa shape index (κ2) is 7.95. The van der Waals surface area contributed by atoms with Crippen molar-refractivity contribution in [2.24, 2.45) is 11.1 Å². The molecule has 6 heteroatoms. The van der Waals surface area contributed by atoms with Gasteiger partial charge in [-0.2, -0.15) is 0 Å². The molecular weight excluding hydrogens is 392 g/mol. The van der Waals surface area contributed by atoms with E-state index in [9.17, 15) is 15.1 Å². The van der Waals surface area contributed by atoms with E-state index in [1.165, 1.54) is 5.56 Å². The number of nitrogens with one attached hydrogen (secondary N) is 1. The minimum Gasteiger partial charge on any atom is -0.481 e. The quantitative estimate of drug-likeness (QED) is 0.216. The van der Waals surface area contributed by atoms with Gasteiger partial charge in [-0.15, -0.1) is 0 Å². The number of carbonyl (C=O) groups is 1. The van der Waals surface area contributed by atoms with Gasteiger partial charge in [-0.1, -0.05) is 35.5 Å². The zero-order chi connectivity index (χ0) is 21.4. The van der Waals surface area contributed by atoms with Crippen molar-refractivity contribution in [3.63, 3.8) is 0 Å². The number of furan rings is 1. The number of hydrogen-bond acceptors (Lipinski definition) is 4. The molecule has 0 saturated carbocycles. The Morgan fingerprint density at radius 1 is 1.16 bits per heavy atom. The number of aromatic nitrogens is 1. The number of rotatable bonds is 7. The molecule has 2 heterocycles. The lowest BCUT2D eigenvalue weighted by molar-refractivity contribution is -0.141. The van der Waals surface area contributed by atoms with E-state index in [4.69, 9.17) is 4.42 Å². The van der Waals surface area contributed by atoms with Crippen LogP contribution in [0.5, 0.6) is 0 Å². The average molecular weight is 416 g/mol. The fourth-order valence-corrected chi connectivity index (χ4v) is 4.71. The Hall–Kier alpha value is -3.54. The van der Waals surface area contributed by atoms with Gasteiger partial charge < -0.3 is 19.7 Å². The van der Waals surface area contributed by atoms with Crippen LogP contribution in [0.25, 0.3) is 21.9 Å². The third-order valence-corrected chi connectivity index (χ3v) is 6.39. The predicted molar refractivity (Wildman–Crippen MR) is 119 cm³/mol. The number of aromatic amines is 1. The third-order valence-electron chi connectivity index (χ3n) is 6.39. The Labute approximate surface area is 179 Å². The lowest BCUT2D eigenvalue weighted by Gasteiger charge is -2.13. The maximum atomic E-state index is 11.9. The Bertz CT molecular complexity index is 1300. The lowest BCUT2D eigenvalue weighted by Crippen LogP contribution is -2.19. The van der Waals surface area contributed by atoms with Gasteiger partial charge in [-0.05, 0) is 43.4 Å². The molecule has 0 radical (unpaired) electrons. The van der Waals surface area contributed by atoms with E-state index in [0.717, 1.165) is 52.5 Å². The van der Waals surface area contributed by atoms with Gasteiger partial charge in [0, 0.05) is 46.5 Å². The van der Waals surface area contributed by atoms with Gasteiger partial charge in [0.15, 0.2) is 0 Å². The molecule has 1 atom stereocenters. The fourth-order valence-electron chi connectivity index (χ4n) is 4.71. The number of carboxylic acid groups (broad SMARTS) is 1. The van der Waals surface area contributed by atoms with Crippen molar-refractivity contribution in [2.75, 3.05) is 0 Å². The first-order valence-electron chi connectivity index (χ1n) is 10.7.